The molecule has 0 bridgehead atoms. The third-order valence-electron chi connectivity index (χ3n) is 4.84. The number of benzene rings is 2. The summed E-state index contributed by atoms with van der Waals surface area (Å²) in [6.07, 6.45) is 0. The topological polar surface area (TPSA) is 77.3 Å². The van der Waals surface area contributed by atoms with Gasteiger partial charge in [0.15, 0.2) is 11.6 Å². The maximum absolute atomic E-state index is 12.9. The molecule has 5 nitrogen and oxygen atoms in total. The summed E-state index contributed by atoms with van der Waals surface area (Å²) in [6, 6.07) is 3.83. The summed E-state index contributed by atoms with van der Waals surface area (Å²) >= 11 is 0. The number of rotatable bonds is 1. The van der Waals surface area contributed by atoms with Crippen LogP contribution in [0.1, 0.15) is 54.1 Å². The van der Waals surface area contributed by atoms with E-state index in [4.69, 9.17) is 0 Å². The van der Waals surface area contributed by atoms with Gasteiger partial charge in [0, 0.05) is 34.4 Å². The van der Waals surface area contributed by atoms with Gasteiger partial charge in [-0.2, -0.15) is 0 Å². The number of nitrogens with zero attached hydrogens (tertiary/aromatic N) is 1. The zero-order chi connectivity index (χ0) is 17.0. The molecule has 0 aliphatic heterocycles. The highest BCUT2D eigenvalue weighted by Crippen LogP contribution is 2.36. The molecular formula is C18H15NO4. The van der Waals surface area contributed by atoms with Crippen LogP contribution in [0.25, 0.3) is 0 Å². The highest BCUT2D eigenvalue weighted by Gasteiger charge is 2.34. The summed E-state index contributed by atoms with van der Waals surface area (Å²) in [5.41, 5.74) is 4.49. The lowest BCUT2D eigenvalue weighted by Crippen LogP contribution is -2.24. The number of hydrogen-bond acceptors (Lipinski definition) is 4. The van der Waals surface area contributed by atoms with E-state index < -0.39 is 4.92 Å². The van der Waals surface area contributed by atoms with E-state index in [0.29, 0.717) is 11.1 Å². The number of ketones is 2. The van der Waals surface area contributed by atoms with E-state index in [1.165, 1.54) is 18.2 Å². The monoisotopic (exact) mass is 309 g/mol. The van der Waals surface area contributed by atoms with Gasteiger partial charge in [0.05, 0.1) is 4.92 Å². The zero-order valence-electron chi connectivity index (χ0n) is 13.3. The molecule has 23 heavy (non-hydrogen) atoms. The van der Waals surface area contributed by atoms with Crippen LogP contribution >= 0.6 is 0 Å². The molecule has 2 aromatic rings. The lowest BCUT2D eigenvalue weighted by molar-refractivity contribution is -0.384. The number of nitro benzene ring substituents is 1. The minimum atomic E-state index is -0.563. The Hall–Kier alpha value is -2.82. The van der Waals surface area contributed by atoms with Gasteiger partial charge >= 0.3 is 0 Å². The summed E-state index contributed by atoms with van der Waals surface area (Å²) in [5.74, 6) is -0.560. The fraction of sp³-hybridized carbons (Fsp3) is 0.222. The Labute approximate surface area is 133 Å². The highest BCUT2D eigenvalue weighted by atomic mass is 16.6. The van der Waals surface area contributed by atoms with E-state index in [1.54, 1.807) is 0 Å². The molecule has 0 atom stereocenters. The first-order valence-electron chi connectivity index (χ1n) is 7.24. The van der Waals surface area contributed by atoms with E-state index >= 15 is 0 Å². The van der Waals surface area contributed by atoms with E-state index in [1.807, 2.05) is 27.7 Å². The molecule has 0 N–H and O–H groups in total. The normalized spacial score (nSPS) is 12.9. The SMILES string of the molecule is Cc1c(C)c(C)c2c(c1C)C(=O)c1ccc([N+](=O)[O-])cc1C2=O. The molecule has 0 radical (unpaired) electrons. The molecule has 0 saturated heterocycles. The molecule has 0 aromatic heterocycles. The van der Waals surface area contributed by atoms with Crippen molar-refractivity contribution in [2.24, 2.45) is 0 Å². The van der Waals surface area contributed by atoms with E-state index in [9.17, 15) is 19.7 Å². The van der Waals surface area contributed by atoms with E-state index in [2.05, 4.69) is 0 Å². The van der Waals surface area contributed by atoms with Crippen LogP contribution in [-0.4, -0.2) is 16.5 Å². The fourth-order valence-electron chi connectivity index (χ4n) is 3.18. The predicted octanol–water partition coefficient (Wildman–Crippen LogP) is 3.60. The van der Waals surface area contributed by atoms with Gasteiger partial charge in [0.1, 0.15) is 0 Å². The van der Waals surface area contributed by atoms with Crippen LogP contribution in [0.5, 0.6) is 0 Å². The van der Waals surface area contributed by atoms with Gasteiger partial charge in [0.2, 0.25) is 0 Å². The lowest BCUT2D eigenvalue weighted by atomic mass is 9.77. The van der Waals surface area contributed by atoms with Gasteiger partial charge in [0.25, 0.3) is 5.69 Å². The van der Waals surface area contributed by atoms with Crippen molar-refractivity contribution < 1.29 is 14.5 Å². The first-order valence-corrected chi connectivity index (χ1v) is 7.24. The Kier molecular flexibility index (Phi) is 3.18. The number of hydrogen-bond donors (Lipinski definition) is 0. The molecule has 0 unspecified atom stereocenters. The van der Waals surface area contributed by atoms with E-state index in [0.717, 1.165) is 22.3 Å². The Bertz CT molecular complexity index is 925. The maximum Gasteiger partial charge on any atom is 0.270 e. The second-order valence-corrected chi connectivity index (χ2v) is 5.90. The van der Waals surface area contributed by atoms with Gasteiger partial charge < -0.3 is 0 Å². The minimum Gasteiger partial charge on any atom is -0.289 e. The van der Waals surface area contributed by atoms with Crippen LogP contribution < -0.4 is 0 Å². The molecule has 0 heterocycles. The predicted molar refractivity (Wildman–Crippen MR) is 85.4 cm³/mol. The summed E-state index contributed by atoms with van der Waals surface area (Å²) in [7, 11) is 0. The number of carbonyl (C=O) groups is 2. The molecule has 2 aromatic carbocycles. The summed E-state index contributed by atoms with van der Waals surface area (Å²) in [4.78, 5) is 36.1. The number of carbonyl (C=O) groups excluding carboxylic acids is 2. The zero-order valence-corrected chi connectivity index (χ0v) is 13.3. The van der Waals surface area contributed by atoms with Gasteiger partial charge in [-0.05, 0) is 56.0 Å². The molecule has 1 aliphatic carbocycles. The Morgan fingerprint density at radius 2 is 1.26 bits per heavy atom. The molecule has 3 rings (SSSR count). The smallest absolute Gasteiger partial charge is 0.270 e. The molecule has 0 fully saturated rings. The van der Waals surface area contributed by atoms with Crippen LogP contribution in [0, 0.1) is 37.8 Å². The number of non-ortho nitro benzene ring substituents is 1. The molecule has 0 spiro atoms. The van der Waals surface area contributed by atoms with Crippen molar-refractivity contribution in [2.75, 3.05) is 0 Å². The number of fused-ring (bicyclic) bond motifs is 2. The van der Waals surface area contributed by atoms with Gasteiger partial charge in [-0.3, -0.25) is 19.7 Å². The largest absolute Gasteiger partial charge is 0.289 e. The van der Waals surface area contributed by atoms with Crippen LogP contribution in [0.15, 0.2) is 18.2 Å². The van der Waals surface area contributed by atoms with Crippen LogP contribution in [0.3, 0.4) is 0 Å². The van der Waals surface area contributed by atoms with Crippen molar-refractivity contribution in [3.05, 3.63) is 72.8 Å². The Morgan fingerprint density at radius 1 is 0.783 bits per heavy atom. The molecule has 5 heteroatoms. The average Bonchev–Trinajstić information content (AvgIpc) is 2.53. The van der Waals surface area contributed by atoms with Crippen molar-refractivity contribution in [1.29, 1.82) is 0 Å². The van der Waals surface area contributed by atoms with Crippen molar-refractivity contribution in [3.8, 4) is 0 Å². The second-order valence-electron chi connectivity index (χ2n) is 5.90. The summed E-state index contributed by atoms with van der Waals surface area (Å²) < 4.78 is 0. The first-order chi connectivity index (χ1) is 10.8. The van der Waals surface area contributed by atoms with Crippen molar-refractivity contribution in [1.82, 2.24) is 0 Å². The summed E-state index contributed by atoms with van der Waals surface area (Å²) in [5, 5.41) is 10.9. The van der Waals surface area contributed by atoms with Crippen molar-refractivity contribution in [3.63, 3.8) is 0 Å². The third kappa shape index (κ3) is 1.93. The van der Waals surface area contributed by atoms with Crippen LogP contribution in [0.2, 0.25) is 0 Å². The lowest BCUT2D eigenvalue weighted by Gasteiger charge is -2.24. The van der Waals surface area contributed by atoms with Crippen molar-refractivity contribution in [2.45, 2.75) is 27.7 Å². The van der Waals surface area contributed by atoms with Gasteiger partial charge in [-0.15, -0.1) is 0 Å². The van der Waals surface area contributed by atoms with E-state index in [-0.39, 0.29) is 28.4 Å². The second kappa shape index (κ2) is 4.84. The molecule has 0 amide bonds. The van der Waals surface area contributed by atoms with Gasteiger partial charge in [-0.1, -0.05) is 0 Å². The molecule has 1 aliphatic rings. The maximum atomic E-state index is 12.9. The average molecular weight is 309 g/mol. The van der Waals surface area contributed by atoms with Crippen molar-refractivity contribution >= 4 is 17.3 Å². The standard InChI is InChI=1S/C18H15NO4/c1-8-9(2)11(4)16-15(10(8)3)17(20)13-6-5-12(19(22)23)7-14(13)18(16)21/h5-7H,1-4H3. The van der Waals surface area contributed by atoms with Crippen LogP contribution in [-0.2, 0) is 0 Å². The molecular weight excluding hydrogens is 294 g/mol. The Balaban J connectivity index is 2.38. The number of nitro groups is 1. The third-order valence-corrected chi connectivity index (χ3v) is 4.84. The first kappa shape index (κ1) is 15.1. The highest BCUT2D eigenvalue weighted by molar-refractivity contribution is 6.29. The summed E-state index contributed by atoms with van der Waals surface area (Å²) in [6.45, 7) is 7.50. The molecule has 0 saturated carbocycles. The minimum absolute atomic E-state index is 0.113. The Morgan fingerprint density at radius 3 is 1.74 bits per heavy atom. The fourth-order valence-corrected chi connectivity index (χ4v) is 3.18. The quantitative estimate of drug-likeness (QED) is 0.508. The van der Waals surface area contributed by atoms with Crippen LogP contribution in [0.4, 0.5) is 5.69 Å². The van der Waals surface area contributed by atoms with Gasteiger partial charge in [-0.25, -0.2) is 0 Å². The molecule has 116 valence electrons.